The molecule has 1 atom stereocenters. The van der Waals surface area contributed by atoms with Crippen LogP contribution in [0.25, 0.3) is 0 Å². The smallest absolute Gasteiger partial charge is 0.296 e. The minimum atomic E-state index is -1.48. The minimum absolute atomic E-state index is 0.197. The van der Waals surface area contributed by atoms with Crippen molar-refractivity contribution >= 4 is 43.7 Å². The first kappa shape index (κ1) is 16.8. The number of carbonyl (C=O) groups excluding carboxylic acids is 1. The lowest BCUT2D eigenvalue weighted by Gasteiger charge is -2.20. The largest absolute Gasteiger partial charge is 0.448 e. The third kappa shape index (κ3) is 7.67. The number of hydrogen-bond donors (Lipinski definition) is 0. The van der Waals surface area contributed by atoms with E-state index in [4.69, 9.17) is 0 Å². The van der Waals surface area contributed by atoms with Gasteiger partial charge in [0.2, 0.25) is 0 Å². The highest BCUT2D eigenvalue weighted by molar-refractivity contribution is 8.68. The van der Waals surface area contributed by atoms with E-state index >= 15 is 0 Å². The lowest BCUT2D eigenvalue weighted by molar-refractivity contribution is 0.136. The van der Waals surface area contributed by atoms with Crippen LogP contribution in [0.2, 0.25) is 0 Å². The minimum Gasteiger partial charge on any atom is -0.296 e. The molecule has 0 fully saturated rings. The molecule has 17 heavy (non-hydrogen) atoms. The van der Waals surface area contributed by atoms with Crippen molar-refractivity contribution in [2.75, 3.05) is 13.3 Å². The number of amides is 1. The quantitative estimate of drug-likeness (QED) is 0.264. The Morgan fingerprint density at radius 3 is 2.35 bits per heavy atom. The summed E-state index contributed by atoms with van der Waals surface area (Å²) in [7, 11) is 1.11. The summed E-state index contributed by atoms with van der Waals surface area (Å²) in [6, 6.07) is 0. The molecule has 0 N–H and O–H groups in total. The van der Waals surface area contributed by atoms with Gasteiger partial charge in [-0.25, -0.2) is 13.3 Å². The van der Waals surface area contributed by atoms with Gasteiger partial charge in [-0.05, 0) is 44.7 Å². The zero-order valence-corrected chi connectivity index (χ0v) is 13.3. The highest BCUT2D eigenvalue weighted by Crippen LogP contribution is 2.28. The molecule has 0 spiro atoms. The highest BCUT2D eigenvalue weighted by Gasteiger charge is 2.23. The fraction of sp³-hybridized carbons (Fsp3) is 0.778. The molecule has 0 aliphatic rings. The molecule has 0 aliphatic carbocycles. The second-order valence-corrected chi connectivity index (χ2v) is 8.81. The van der Waals surface area contributed by atoms with Crippen LogP contribution in [0.4, 0.5) is 4.79 Å². The summed E-state index contributed by atoms with van der Waals surface area (Å²) in [6.07, 6.45) is 1.10. The van der Waals surface area contributed by atoms with Gasteiger partial charge in [0.1, 0.15) is 5.04 Å². The fourth-order valence-corrected chi connectivity index (χ4v) is 3.14. The summed E-state index contributed by atoms with van der Waals surface area (Å²) >= 11 is 1.37. The van der Waals surface area contributed by atoms with E-state index < -0.39 is 16.1 Å². The number of nitrogens with zero attached hydrogens (tertiary/aromatic N) is 2. The van der Waals surface area contributed by atoms with Crippen LogP contribution < -0.4 is 0 Å². The Morgan fingerprint density at radius 1 is 1.41 bits per heavy atom. The van der Waals surface area contributed by atoms with Crippen molar-refractivity contribution in [2.24, 2.45) is 5.16 Å². The number of oxime groups is 1. The van der Waals surface area contributed by atoms with Gasteiger partial charge in [-0.3, -0.25) is 4.84 Å². The predicted molar refractivity (Wildman–Crippen MR) is 76.4 cm³/mol. The molecule has 0 saturated heterocycles. The maximum Gasteiger partial charge on any atom is 0.448 e. The van der Waals surface area contributed by atoms with E-state index in [0.717, 1.165) is 4.31 Å². The Balaban J connectivity index is 4.36. The first-order valence-corrected chi connectivity index (χ1v) is 8.48. The third-order valence-corrected chi connectivity index (χ3v) is 5.85. The van der Waals surface area contributed by atoms with Crippen LogP contribution in [0, 0.1) is 0 Å². The number of carbonyl (C=O) groups is 1. The van der Waals surface area contributed by atoms with Crippen LogP contribution in [0.1, 0.15) is 27.7 Å². The Hall–Kier alpha value is -0.210. The molecule has 0 heterocycles. The molecular formula is C9H18N2O3S3. The van der Waals surface area contributed by atoms with Gasteiger partial charge in [0, 0.05) is 11.8 Å². The Morgan fingerprint density at radius 2 is 1.94 bits per heavy atom. The van der Waals surface area contributed by atoms with Crippen LogP contribution >= 0.6 is 22.6 Å². The lowest BCUT2D eigenvalue weighted by Crippen LogP contribution is -2.28. The molecule has 1 amide bonds. The van der Waals surface area contributed by atoms with E-state index in [-0.39, 0.29) is 4.75 Å². The molecule has 100 valence electrons. The summed E-state index contributed by atoms with van der Waals surface area (Å²) < 4.78 is 12.6. The number of hydrogen-bond acceptors (Lipinski definition) is 6. The predicted octanol–water partition coefficient (Wildman–Crippen LogP) is 2.86. The van der Waals surface area contributed by atoms with E-state index in [0.29, 0.717) is 5.04 Å². The van der Waals surface area contributed by atoms with Gasteiger partial charge in [0.15, 0.2) is 10.0 Å². The summed E-state index contributed by atoms with van der Waals surface area (Å²) in [6.45, 7) is 7.49. The van der Waals surface area contributed by atoms with Crippen molar-refractivity contribution < 1.29 is 13.8 Å². The normalized spacial score (nSPS) is 14.4. The van der Waals surface area contributed by atoms with Crippen LogP contribution in [-0.2, 0) is 14.9 Å². The summed E-state index contributed by atoms with van der Waals surface area (Å²) in [4.78, 5) is 16.1. The van der Waals surface area contributed by atoms with Crippen molar-refractivity contribution in [3.63, 3.8) is 0 Å². The monoisotopic (exact) mass is 298 g/mol. The molecular weight excluding hydrogens is 280 g/mol. The lowest BCUT2D eigenvalue weighted by atomic mass is 10.3. The molecule has 1 unspecified atom stereocenters. The standard InChI is InChI=1S/C9H18N2O3S3/c1-7(15-6)10-14-8(12)11(5)17(13)16-9(2,3)4/h1-6H3. The maximum absolute atomic E-state index is 11.8. The van der Waals surface area contributed by atoms with Gasteiger partial charge in [-0.2, -0.15) is 0 Å². The summed E-state index contributed by atoms with van der Waals surface area (Å²) in [5.74, 6) is 0. The van der Waals surface area contributed by atoms with Gasteiger partial charge in [-0.15, -0.1) is 11.8 Å². The first-order chi connectivity index (χ1) is 7.67. The Kier molecular flexibility index (Phi) is 7.18. The molecule has 0 aliphatic heterocycles. The fourth-order valence-electron chi connectivity index (χ4n) is 0.529. The molecule has 0 aromatic rings. The molecule has 0 saturated carbocycles. The van der Waals surface area contributed by atoms with Gasteiger partial charge in [0.05, 0.1) is 0 Å². The average Bonchev–Trinajstić information content (AvgIpc) is 2.21. The zero-order chi connectivity index (χ0) is 13.6. The van der Waals surface area contributed by atoms with Crippen molar-refractivity contribution in [3.05, 3.63) is 0 Å². The second kappa shape index (κ2) is 7.27. The van der Waals surface area contributed by atoms with E-state index in [1.165, 1.54) is 29.6 Å². The van der Waals surface area contributed by atoms with Crippen molar-refractivity contribution in [1.82, 2.24) is 4.31 Å². The molecule has 0 rings (SSSR count). The molecule has 0 aromatic carbocycles. The number of rotatable bonds is 3. The van der Waals surface area contributed by atoms with Crippen molar-refractivity contribution in [2.45, 2.75) is 32.4 Å². The molecule has 0 aromatic heterocycles. The van der Waals surface area contributed by atoms with Gasteiger partial charge < -0.3 is 0 Å². The topological polar surface area (TPSA) is 59.0 Å². The SMILES string of the molecule is CSC(C)=NOC(=O)N(C)S(=O)SC(C)(C)C. The van der Waals surface area contributed by atoms with E-state index in [1.54, 1.807) is 6.92 Å². The van der Waals surface area contributed by atoms with E-state index in [2.05, 4.69) is 9.99 Å². The van der Waals surface area contributed by atoms with Gasteiger partial charge in [0.25, 0.3) is 0 Å². The van der Waals surface area contributed by atoms with Crippen LogP contribution in [0.15, 0.2) is 5.16 Å². The highest BCUT2D eigenvalue weighted by atomic mass is 33.1. The van der Waals surface area contributed by atoms with Crippen molar-refractivity contribution in [3.8, 4) is 0 Å². The van der Waals surface area contributed by atoms with Crippen LogP contribution in [0.5, 0.6) is 0 Å². The van der Waals surface area contributed by atoms with Gasteiger partial charge in [-0.1, -0.05) is 5.16 Å². The summed E-state index contributed by atoms with van der Waals surface area (Å²) in [5.41, 5.74) is 0. The molecule has 0 bridgehead atoms. The Bertz CT molecular complexity index is 326. The molecule has 8 heteroatoms. The first-order valence-electron chi connectivity index (χ1n) is 4.82. The van der Waals surface area contributed by atoms with Gasteiger partial charge >= 0.3 is 6.09 Å². The third-order valence-electron chi connectivity index (χ3n) is 1.35. The van der Waals surface area contributed by atoms with E-state index in [1.807, 2.05) is 27.0 Å². The number of thioether (sulfide) groups is 1. The Labute approximate surface area is 113 Å². The molecule has 0 radical (unpaired) electrons. The zero-order valence-electron chi connectivity index (χ0n) is 10.8. The summed E-state index contributed by atoms with van der Waals surface area (Å²) in [5, 5.41) is 4.21. The van der Waals surface area contributed by atoms with Crippen LogP contribution in [-0.4, -0.2) is 37.7 Å². The van der Waals surface area contributed by atoms with E-state index in [9.17, 15) is 9.00 Å². The molecule has 5 nitrogen and oxygen atoms in total. The van der Waals surface area contributed by atoms with Crippen LogP contribution in [0.3, 0.4) is 0 Å². The maximum atomic E-state index is 11.8. The average molecular weight is 298 g/mol. The second-order valence-electron chi connectivity index (χ2n) is 4.08. The van der Waals surface area contributed by atoms with Crippen molar-refractivity contribution in [1.29, 1.82) is 0 Å².